The molecule has 0 aliphatic heterocycles. The minimum Gasteiger partial charge on any atom is -0.372 e. The summed E-state index contributed by atoms with van der Waals surface area (Å²) in [5.41, 5.74) is 0.978. The van der Waals surface area contributed by atoms with E-state index in [0.717, 1.165) is 17.1 Å². The molecule has 1 heterocycles. The maximum atomic E-state index is 11.7. The molecule has 1 rings (SSSR count). The highest BCUT2D eigenvalue weighted by Crippen LogP contribution is 2.15. The Labute approximate surface area is 90.1 Å². The van der Waals surface area contributed by atoms with Crippen LogP contribution in [0.1, 0.15) is 17.6 Å². The second-order valence-electron chi connectivity index (χ2n) is 3.00. The first kappa shape index (κ1) is 12.4. The van der Waals surface area contributed by atoms with Crippen LogP contribution in [0, 0.1) is 0 Å². The third kappa shape index (κ3) is 5.13. The van der Waals surface area contributed by atoms with Gasteiger partial charge < -0.3 is 4.74 Å². The fraction of sp³-hybridized carbons (Fsp3) is 0.667. The number of hydrogen-bond acceptors (Lipinski definition) is 3. The molecule has 0 atom stereocenters. The summed E-state index contributed by atoms with van der Waals surface area (Å²) in [4.78, 5) is 4.22. The van der Waals surface area contributed by atoms with Crippen molar-refractivity contribution in [1.29, 1.82) is 0 Å². The summed E-state index contributed by atoms with van der Waals surface area (Å²) in [6.45, 7) is 0.869. The topological polar surface area (TPSA) is 22.1 Å². The highest BCUT2D eigenvalue weighted by molar-refractivity contribution is 7.09. The molecule has 1 aromatic rings. The molecule has 2 nitrogen and oxygen atoms in total. The van der Waals surface area contributed by atoms with Crippen LogP contribution in [0.15, 0.2) is 5.38 Å². The van der Waals surface area contributed by atoms with Gasteiger partial charge in [0.05, 0.1) is 17.3 Å². The first-order valence-electron chi connectivity index (χ1n) is 4.59. The molecule has 0 unspecified atom stereocenters. The van der Waals surface area contributed by atoms with Gasteiger partial charge in [0.15, 0.2) is 0 Å². The number of aromatic nitrogens is 1. The number of rotatable bonds is 5. The van der Waals surface area contributed by atoms with Crippen molar-refractivity contribution in [3.05, 3.63) is 16.1 Å². The van der Waals surface area contributed by atoms with Gasteiger partial charge in [-0.1, -0.05) is 6.92 Å². The summed E-state index contributed by atoms with van der Waals surface area (Å²) in [7, 11) is 0. The van der Waals surface area contributed by atoms with Crippen molar-refractivity contribution in [2.24, 2.45) is 0 Å². The van der Waals surface area contributed by atoms with Crippen molar-refractivity contribution in [2.45, 2.75) is 25.9 Å². The van der Waals surface area contributed by atoms with Crippen molar-refractivity contribution in [1.82, 2.24) is 4.98 Å². The lowest BCUT2D eigenvalue weighted by Gasteiger charge is -2.05. The van der Waals surface area contributed by atoms with Crippen LogP contribution in [0.4, 0.5) is 13.2 Å². The zero-order valence-corrected chi connectivity index (χ0v) is 9.12. The van der Waals surface area contributed by atoms with Crippen molar-refractivity contribution in [2.75, 3.05) is 13.2 Å². The number of nitrogens with zero attached hydrogens (tertiary/aromatic N) is 1. The molecule has 0 bridgehead atoms. The molecule has 15 heavy (non-hydrogen) atoms. The first-order valence-corrected chi connectivity index (χ1v) is 5.47. The molecule has 0 saturated carbocycles. The van der Waals surface area contributed by atoms with E-state index in [1.807, 2.05) is 12.3 Å². The smallest absolute Gasteiger partial charge is 0.372 e. The quantitative estimate of drug-likeness (QED) is 0.737. The van der Waals surface area contributed by atoms with Gasteiger partial charge in [-0.3, -0.25) is 0 Å². The Hall–Kier alpha value is -0.620. The fourth-order valence-corrected chi connectivity index (χ4v) is 1.84. The molecular weight excluding hydrogens is 227 g/mol. The summed E-state index contributed by atoms with van der Waals surface area (Å²) >= 11 is 1.46. The minimum absolute atomic E-state index is 0.0657. The molecular formula is C9H12F3NOS. The zero-order chi connectivity index (χ0) is 11.3. The third-order valence-corrected chi connectivity index (χ3v) is 2.64. The molecule has 0 saturated heterocycles. The Bertz CT molecular complexity index is 298. The lowest BCUT2D eigenvalue weighted by Crippen LogP contribution is -2.17. The largest absolute Gasteiger partial charge is 0.411 e. The van der Waals surface area contributed by atoms with Crippen LogP contribution in [0.2, 0.25) is 0 Å². The van der Waals surface area contributed by atoms with E-state index in [4.69, 9.17) is 0 Å². The van der Waals surface area contributed by atoms with Gasteiger partial charge in [-0.15, -0.1) is 11.3 Å². The van der Waals surface area contributed by atoms with E-state index < -0.39 is 12.8 Å². The number of alkyl halides is 3. The number of halogens is 3. The van der Waals surface area contributed by atoms with Crippen LogP contribution in [-0.2, 0) is 17.6 Å². The van der Waals surface area contributed by atoms with Gasteiger partial charge in [-0.25, -0.2) is 4.98 Å². The van der Waals surface area contributed by atoms with E-state index in [9.17, 15) is 13.2 Å². The lowest BCUT2D eigenvalue weighted by atomic mass is 10.4. The minimum atomic E-state index is -4.24. The fourth-order valence-electron chi connectivity index (χ4n) is 0.974. The van der Waals surface area contributed by atoms with Crippen LogP contribution in [-0.4, -0.2) is 24.4 Å². The predicted octanol–water partition coefficient (Wildman–Crippen LogP) is 2.83. The summed E-state index contributed by atoms with van der Waals surface area (Å²) in [5, 5.41) is 2.74. The molecule has 0 spiro atoms. The second-order valence-corrected chi connectivity index (χ2v) is 3.95. The molecule has 0 aliphatic carbocycles. The molecule has 0 radical (unpaired) electrons. The predicted molar refractivity (Wildman–Crippen MR) is 52.1 cm³/mol. The summed E-state index contributed by atoms with van der Waals surface area (Å²) < 4.78 is 39.6. The van der Waals surface area contributed by atoms with Gasteiger partial charge in [0.25, 0.3) is 0 Å². The second kappa shape index (κ2) is 5.46. The van der Waals surface area contributed by atoms with E-state index in [2.05, 4.69) is 9.72 Å². The molecule has 1 aromatic heterocycles. The number of aryl methyl sites for hydroxylation is 1. The molecule has 0 aromatic carbocycles. The monoisotopic (exact) mass is 239 g/mol. The average Bonchev–Trinajstić information content (AvgIpc) is 2.59. The number of ether oxygens (including phenoxy) is 1. The van der Waals surface area contributed by atoms with Gasteiger partial charge in [-0.2, -0.15) is 13.2 Å². The van der Waals surface area contributed by atoms with Crippen LogP contribution in [0.5, 0.6) is 0 Å². The van der Waals surface area contributed by atoms with Crippen molar-refractivity contribution >= 4 is 11.3 Å². The highest BCUT2D eigenvalue weighted by atomic mass is 32.1. The normalized spacial score (nSPS) is 12.0. The van der Waals surface area contributed by atoms with Gasteiger partial charge >= 0.3 is 6.18 Å². The third-order valence-electron chi connectivity index (χ3n) is 1.69. The van der Waals surface area contributed by atoms with Gasteiger partial charge in [-0.05, 0) is 6.42 Å². The molecule has 0 aliphatic rings. The van der Waals surface area contributed by atoms with E-state index >= 15 is 0 Å². The highest BCUT2D eigenvalue weighted by Gasteiger charge is 2.27. The van der Waals surface area contributed by atoms with Crippen LogP contribution >= 0.6 is 11.3 Å². The zero-order valence-electron chi connectivity index (χ0n) is 8.30. The van der Waals surface area contributed by atoms with Crippen LogP contribution in [0.3, 0.4) is 0 Å². The maximum absolute atomic E-state index is 11.7. The molecule has 86 valence electrons. The van der Waals surface area contributed by atoms with Crippen molar-refractivity contribution in [3.63, 3.8) is 0 Å². The Balaban J connectivity index is 2.20. The molecule has 6 heteroatoms. The van der Waals surface area contributed by atoms with Gasteiger partial charge in [0, 0.05) is 11.8 Å². The van der Waals surface area contributed by atoms with Crippen molar-refractivity contribution in [3.8, 4) is 0 Å². The first-order chi connectivity index (χ1) is 7.01. The van der Waals surface area contributed by atoms with E-state index in [0.29, 0.717) is 6.42 Å². The van der Waals surface area contributed by atoms with E-state index in [1.165, 1.54) is 11.3 Å². The lowest BCUT2D eigenvalue weighted by molar-refractivity contribution is -0.173. The van der Waals surface area contributed by atoms with Crippen molar-refractivity contribution < 1.29 is 17.9 Å². The SMILES string of the molecule is CCc1csc(CCOCC(F)(F)F)n1. The Kier molecular flexibility index (Phi) is 4.53. The molecule has 0 amide bonds. The Morgan fingerprint density at radius 3 is 2.73 bits per heavy atom. The molecule has 0 fully saturated rings. The summed E-state index contributed by atoms with van der Waals surface area (Å²) in [6.07, 6.45) is -2.95. The average molecular weight is 239 g/mol. The summed E-state index contributed by atoms with van der Waals surface area (Å²) in [6, 6.07) is 0. The van der Waals surface area contributed by atoms with E-state index in [1.54, 1.807) is 0 Å². The van der Waals surface area contributed by atoms with Gasteiger partial charge in [0.1, 0.15) is 6.61 Å². The Morgan fingerprint density at radius 2 is 2.20 bits per heavy atom. The Morgan fingerprint density at radius 1 is 1.47 bits per heavy atom. The number of hydrogen-bond donors (Lipinski definition) is 0. The van der Waals surface area contributed by atoms with Gasteiger partial charge in [0.2, 0.25) is 0 Å². The van der Waals surface area contributed by atoms with Crippen LogP contribution in [0.25, 0.3) is 0 Å². The van der Waals surface area contributed by atoms with Crippen LogP contribution < -0.4 is 0 Å². The number of thiazole rings is 1. The standard InChI is InChI=1S/C9H12F3NOS/c1-2-7-5-15-8(13-7)3-4-14-6-9(10,11)12/h5H,2-4,6H2,1H3. The molecule has 0 N–H and O–H groups in total. The summed E-state index contributed by atoms with van der Waals surface area (Å²) in [5.74, 6) is 0. The van der Waals surface area contributed by atoms with E-state index in [-0.39, 0.29) is 6.61 Å². The maximum Gasteiger partial charge on any atom is 0.411 e.